The predicted octanol–water partition coefficient (Wildman–Crippen LogP) is 7.04. The standard InChI is InChI=1S/C27H26F4N2O3/c1-15-10-22(36-26(30)31)20(19-6-8-32-23(15)19)14-33-9-7-27(11-18(12-27)24(28)29)13-21(33)16-2-4-17(5-3-16)25(34)35/h2-6,8,10,21,26,32H,7,9,11-14H2,1H3,(H,34,35)/t21-/m0/s1. The smallest absolute Gasteiger partial charge is 0.387 e. The molecule has 2 N–H and O–H groups in total. The maximum Gasteiger partial charge on any atom is 0.387 e. The van der Waals surface area contributed by atoms with Gasteiger partial charge in [0.15, 0.2) is 0 Å². The molecule has 2 heterocycles. The molecule has 0 unspecified atom stereocenters. The molecule has 0 amide bonds. The fourth-order valence-electron chi connectivity index (χ4n) is 5.86. The van der Waals surface area contributed by atoms with E-state index in [2.05, 4.69) is 9.88 Å². The number of H-pyrrole nitrogens is 1. The second-order valence-corrected chi connectivity index (χ2v) is 9.90. The number of likely N-dealkylation sites (tertiary alicyclic amines) is 1. The number of hydrogen-bond acceptors (Lipinski definition) is 3. The number of nitrogens with one attached hydrogen (secondary N) is 1. The van der Waals surface area contributed by atoms with Crippen LogP contribution in [0.25, 0.3) is 10.9 Å². The molecule has 0 radical (unpaired) electrons. The van der Waals surface area contributed by atoms with Gasteiger partial charge in [-0.15, -0.1) is 0 Å². The normalized spacial score (nSPS) is 22.3. The van der Waals surface area contributed by atoms with Crippen LogP contribution in [0.4, 0.5) is 17.6 Å². The lowest BCUT2D eigenvalue weighted by molar-refractivity contribution is -0.0512. The summed E-state index contributed by atoms with van der Waals surface area (Å²) in [5, 5.41) is 10.1. The number of ether oxygens (including phenoxy) is 1. The maximum absolute atomic E-state index is 13.3. The molecule has 36 heavy (non-hydrogen) atoms. The summed E-state index contributed by atoms with van der Waals surface area (Å²) < 4.78 is 57.8. The molecule has 5 rings (SSSR count). The summed E-state index contributed by atoms with van der Waals surface area (Å²) >= 11 is 0. The van der Waals surface area contributed by atoms with Crippen molar-refractivity contribution in [3.63, 3.8) is 0 Å². The van der Waals surface area contributed by atoms with E-state index in [1.165, 1.54) is 12.1 Å². The summed E-state index contributed by atoms with van der Waals surface area (Å²) in [7, 11) is 0. The topological polar surface area (TPSA) is 65.6 Å². The Kier molecular flexibility index (Phi) is 6.28. The Hall–Kier alpha value is -3.33. The number of aromatic carboxylic acids is 1. The third-order valence-electron chi connectivity index (χ3n) is 7.67. The minimum Gasteiger partial charge on any atom is -0.478 e. The number of benzene rings is 2. The first-order valence-corrected chi connectivity index (χ1v) is 11.8. The first-order chi connectivity index (χ1) is 17.2. The molecular weight excluding hydrogens is 476 g/mol. The summed E-state index contributed by atoms with van der Waals surface area (Å²) in [6.45, 7) is -0.248. The molecule has 2 fully saturated rings. The summed E-state index contributed by atoms with van der Waals surface area (Å²) in [6, 6.07) is 9.82. The van der Waals surface area contributed by atoms with Gasteiger partial charge in [-0.05, 0) is 85.5 Å². The number of carboxylic acids is 1. The van der Waals surface area contributed by atoms with Crippen LogP contribution >= 0.6 is 0 Å². The van der Waals surface area contributed by atoms with Crippen molar-refractivity contribution in [1.82, 2.24) is 9.88 Å². The van der Waals surface area contributed by atoms with E-state index in [4.69, 9.17) is 4.74 Å². The highest BCUT2D eigenvalue weighted by atomic mass is 19.3. The number of aromatic amines is 1. The number of piperidine rings is 1. The van der Waals surface area contributed by atoms with Crippen LogP contribution < -0.4 is 4.74 Å². The van der Waals surface area contributed by atoms with Gasteiger partial charge in [0.2, 0.25) is 0 Å². The highest BCUT2D eigenvalue weighted by molar-refractivity contribution is 5.88. The van der Waals surface area contributed by atoms with E-state index >= 15 is 0 Å². The summed E-state index contributed by atoms with van der Waals surface area (Å²) in [5.74, 6) is -0.919. The molecule has 3 aromatic rings. The predicted molar refractivity (Wildman–Crippen MR) is 126 cm³/mol. The van der Waals surface area contributed by atoms with Crippen molar-refractivity contribution in [2.75, 3.05) is 6.54 Å². The number of carbonyl (C=O) groups is 1. The maximum atomic E-state index is 13.3. The molecule has 9 heteroatoms. The second kappa shape index (κ2) is 9.28. The molecule has 0 bridgehead atoms. The van der Waals surface area contributed by atoms with Crippen molar-refractivity contribution in [3.05, 3.63) is 76.5 Å². The van der Waals surface area contributed by atoms with Crippen LogP contribution in [0, 0.1) is 12.3 Å². The van der Waals surface area contributed by atoms with Gasteiger partial charge in [0.25, 0.3) is 6.08 Å². The minimum absolute atomic E-state index is 0.114. The lowest BCUT2D eigenvalue weighted by atomic mass is 9.58. The van der Waals surface area contributed by atoms with Gasteiger partial charge in [0, 0.05) is 35.2 Å². The van der Waals surface area contributed by atoms with Gasteiger partial charge in [-0.25, -0.2) is 4.79 Å². The molecule has 1 saturated carbocycles. The fourth-order valence-corrected chi connectivity index (χ4v) is 5.86. The van der Waals surface area contributed by atoms with E-state index in [-0.39, 0.29) is 28.3 Å². The van der Waals surface area contributed by atoms with Crippen LogP contribution in [0.3, 0.4) is 0 Å². The van der Waals surface area contributed by atoms with Gasteiger partial charge in [-0.1, -0.05) is 12.1 Å². The molecule has 1 aliphatic heterocycles. The average Bonchev–Trinajstić information content (AvgIpc) is 3.30. The van der Waals surface area contributed by atoms with Gasteiger partial charge in [-0.2, -0.15) is 17.6 Å². The Morgan fingerprint density at radius 1 is 1.22 bits per heavy atom. The number of rotatable bonds is 6. The van der Waals surface area contributed by atoms with Crippen LogP contribution in [0.1, 0.15) is 58.8 Å². The molecule has 2 aliphatic rings. The van der Waals surface area contributed by atoms with Gasteiger partial charge in [0.05, 0.1) is 5.56 Å². The Morgan fingerprint density at radius 2 is 1.94 bits per heavy atom. The Balaban J connectivity index is 1.51. The van der Waals surface area contributed by atoms with Crippen LogP contribution in [0.2, 0.25) is 0 Å². The lowest BCUT2D eigenvalue weighted by Gasteiger charge is -2.52. The van der Waals surface area contributed by atoms with Gasteiger partial charge in [0.1, 0.15) is 5.75 Å². The fraction of sp³-hybridized carbons (Fsp3) is 0.370. The number of aromatic nitrogens is 1. The van der Waals surface area contributed by atoms with Crippen LogP contribution in [0.15, 0.2) is 54.2 Å². The SMILES string of the molecule is Cc1cc(OC(F)F)c(CN2CCC3(CC(=C(F)F)C3)C[C@H]2c2ccc(C(=O)O)cc2)c2cc[nH]c12. The minimum atomic E-state index is -2.97. The third-order valence-corrected chi connectivity index (χ3v) is 7.67. The highest BCUT2D eigenvalue weighted by Gasteiger charge is 2.48. The summed E-state index contributed by atoms with van der Waals surface area (Å²) in [4.78, 5) is 16.7. The highest BCUT2D eigenvalue weighted by Crippen LogP contribution is 2.57. The van der Waals surface area contributed by atoms with Crippen molar-refractivity contribution in [1.29, 1.82) is 0 Å². The number of fused-ring (bicyclic) bond motifs is 1. The van der Waals surface area contributed by atoms with Crippen LogP contribution in [-0.2, 0) is 6.54 Å². The molecule has 1 saturated heterocycles. The van der Waals surface area contributed by atoms with E-state index in [9.17, 15) is 27.5 Å². The number of carboxylic acid groups (broad SMARTS) is 1. The quantitative estimate of drug-likeness (QED) is 0.355. The van der Waals surface area contributed by atoms with Gasteiger partial charge in [-0.3, -0.25) is 4.90 Å². The van der Waals surface area contributed by atoms with E-state index in [0.717, 1.165) is 22.0 Å². The van der Waals surface area contributed by atoms with Crippen LogP contribution in [-0.4, -0.2) is 34.1 Å². The molecule has 5 nitrogen and oxygen atoms in total. The van der Waals surface area contributed by atoms with Crippen LogP contribution in [0.5, 0.6) is 5.75 Å². The van der Waals surface area contributed by atoms with Gasteiger partial charge >= 0.3 is 12.6 Å². The zero-order valence-corrected chi connectivity index (χ0v) is 19.7. The number of hydrogen-bond donors (Lipinski definition) is 2. The molecule has 1 atom stereocenters. The number of halogens is 4. The monoisotopic (exact) mass is 502 g/mol. The average molecular weight is 503 g/mol. The van der Waals surface area contributed by atoms with Crippen molar-refractivity contribution in [2.24, 2.45) is 5.41 Å². The molecule has 1 aliphatic carbocycles. The first-order valence-electron chi connectivity index (χ1n) is 11.8. The van der Waals surface area contributed by atoms with Crippen molar-refractivity contribution in [2.45, 2.75) is 51.8 Å². The van der Waals surface area contributed by atoms with Crippen molar-refractivity contribution >= 4 is 16.9 Å². The van der Waals surface area contributed by atoms with E-state index in [0.29, 0.717) is 44.3 Å². The number of nitrogens with zero attached hydrogens (tertiary/aromatic N) is 1. The van der Waals surface area contributed by atoms with Gasteiger partial charge < -0.3 is 14.8 Å². The summed E-state index contributed by atoms with van der Waals surface area (Å²) in [6.07, 6.45) is 2.17. The number of aryl methyl sites for hydroxylation is 1. The van der Waals surface area contributed by atoms with E-state index < -0.39 is 18.7 Å². The zero-order valence-electron chi connectivity index (χ0n) is 19.7. The molecule has 1 spiro atoms. The Bertz CT molecular complexity index is 1320. The lowest BCUT2D eigenvalue weighted by Crippen LogP contribution is -2.46. The second-order valence-electron chi connectivity index (χ2n) is 9.90. The van der Waals surface area contributed by atoms with E-state index in [1.54, 1.807) is 24.4 Å². The number of allylic oxidation sites excluding steroid dienone is 1. The molecule has 2 aromatic carbocycles. The molecular formula is C27H26F4N2O3. The van der Waals surface area contributed by atoms with E-state index in [1.807, 2.05) is 13.0 Å². The van der Waals surface area contributed by atoms with Crippen molar-refractivity contribution < 1.29 is 32.2 Å². The number of alkyl halides is 2. The molecule has 190 valence electrons. The third kappa shape index (κ3) is 4.48. The largest absolute Gasteiger partial charge is 0.478 e. The summed E-state index contributed by atoms with van der Waals surface area (Å²) in [5.41, 5.74) is 3.23. The van der Waals surface area contributed by atoms with Crippen molar-refractivity contribution in [3.8, 4) is 5.75 Å². The Labute approximate surface area is 205 Å². The Morgan fingerprint density at radius 3 is 2.58 bits per heavy atom. The first kappa shape index (κ1) is 24.4. The zero-order chi connectivity index (χ0) is 25.6. The molecule has 1 aromatic heterocycles.